The van der Waals surface area contributed by atoms with Gasteiger partial charge in [-0.3, -0.25) is 9.59 Å². The highest BCUT2D eigenvalue weighted by molar-refractivity contribution is 6.32. The summed E-state index contributed by atoms with van der Waals surface area (Å²) in [5, 5.41) is 0. The van der Waals surface area contributed by atoms with Crippen molar-refractivity contribution in [3.05, 3.63) is 128 Å². The van der Waals surface area contributed by atoms with Crippen molar-refractivity contribution in [3.8, 4) is 0 Å². The monoisotopic (exact) mass is 638 g/mol. The van der Waals surface area contributed by atoms with E-state index in [0.717, 1.165) is 24.0 Å². The molecule has 0 aromatic heterocycles. The molecule has 248 valence electrons. The molecule has 0 bridgehead atoms. The Kier molecular flexibility index (Phi) is 12.2. The van der Waals surface area contributed by atoms with Gasteiger partial charge in [0.1, 0.15) is 0 Å². The molecule has 0 saturated heterocycles. The summed E-state index contributed by atoms with van der Waals surface area (Å²) >= 11 is 0. The van der Waals surface area contributed by atoms with E-state index in [1.807, 2.05) is 24.3 Å². The molecule has 0 spiro atoms. The van der Waals surface area contributed by atoms with Crippen molar-refractivity contribution in [2.45, 2.75) is 90.9 Å². The van der Waals surface area contributed by atoms with Crippen molar-refractivity contribution in [2.24, 2.45) is 0 Å². The van der Waals surface area contributed by atoms with Crippen LogP contribution in [0, 0.1) is 0 Å². The molecule has 0 fully saturated rings. The number of carbonyl (C=O) groups excluding carboxylic acids is 2. The number of aryl methyl sites for hydroxylation is 2. The van der Waals surface area contributed by atoms with Crippen molar-refractivity contribution >= 4 is 47.2 Å². The van der Waals surface area contributed by atoms with Crippen LogP contribution in [-0.2, 0) is 12.8 Å². The van der Waals surface area contributed by atoms with Crippen LogP contribution in [0.1, 0.15) is 143 Å². The number of unbranched alkanes of at least 4 members (excludes halogenated alkanes) is 8. The first-order valence-corrected chi connectivity index (χ1v) is 17.9. The van der Waals surface area contributed by atoms with Gasteiger partial charge in [-0.1, -0.05) is 150 Å². The number of rotatable bonds is 16. The van der Waals surface area contributed by atoms with Gasteiger partial charge in [-0.15, -0.1) is 0 Å². The second kappa shape index (κ2) is 16.9. The molecule has 5 rings (SSSR count). The normalized spacial score (nSPS) is 12.6. The van der Waals surface area contributed by atoms with Gasteiger partial charge in [-0.25, -0.2) is 0 Å². The lowest BCUT2D eigenvalue weighted by molar-refractivity contribution is 0.0980. The van der Waals surface area contributed by atoms with E-state index < -0.39 is 0 Å². The fourth-order valence-corrected chi connectivity index (χ4v) is 6.53. The van der Waals surface area contributed by atoms with Crippen molar-refractivity contribution in [2.75, 3.05) is 11.5 Å². The largest absolute Gasteiger partial charge is 0.398 e. The number of hydrogen-bond acceptors (Lipinski definition) is 4. The van der Waals surface area contributed by atoms with E-state index in [-0.39, 0.29) is 22.7 Å². The zero-order valence-corrected chi connectivity index (χ0v) is 28.7. The highest BCUT2D eigenvalue weighted by Gasteiger charge is 2.34. The third kappa shape index (κ3) is 8.41. The van der Waals surface area contributed by atoms with E-state index in [9.17, 15) is 9.59 Å². The predicted octanol–water partition coefficient (Wildman–Crippen LogP) is 11.0. The Bertz CT molecular complexity index is 1650. The van der Waals surface area contributed by atoms with Crippen molar-refractivity contribution in [1.82, 2.24) is 0 Å². The minimum atomic E-state index is -0.275. The lowest BCUT2D eigenvalue weighted by Crippen LogP contribution is -2.24. The highest BCUT2D eigenvalue weighted by atomic mass is 16.1. The van der Waals surface area contributed by atoms with E-state index in [2.05, 4.69) is 62.4 Å². The van der Waals surface area contributed by atoms with E-state index >= 15 is 0 Å². The zero-order chi connectivity index (χ0) is 33.9. The number of ketones is 2. The van der Waals surface area contributed by atoms with Crippen molar-refractivity contribution in [3.63, 3.8) is 0 Å². The molecule has 4 heteroatoms. The molecule has 1 aliphatic rings. The smallest absolute Gasteiger partial charge is 0.196 e. The average molecular weight is 639 g/mol. The van der Waals surface area contributed by atoms with E-state index in [1.54, 1.807) is 24.3 Å². The fourth-order valence-electron chi connectivity index (χ4n) is 6.53. The molecule has 0 aliphatic heterocycles. The van der Waals surface area contributed by atoms with Crippen LogP contribution in [0.15, 0.2) is 72.8 Å². The van der Waals surface area contributed by atoms with Crippen LogP contribution in [0.4, 0.5) is 11.4 Å². The molecule has 4 N–H and O–H groups in total. The van der Waals surface area contributed by atoms with Gasteiger partial charge < -0.3 is 11.5 Å². The SMILES string of the molecule is CCCCCCCc1ccc(/C=C/c2ccc3c(c2N)C(=O)c2ccc(/C=C/c4ccc(CCCCCCC)cc4)c(N)c2C3=O)cc1. The Morgan fingerprint density at radius 3 is 1.21 bits per heavy atom. The third-order valence-corrected chi connectivity index (χ3v) is 9.51. The number of fused-ring (bicyclic) bond motifs is 2. The molecule has 4 aromatic carbocycles. The van der Waals surface area contributed by atoms with Crippen molar-refractivity contribution in [1.29, 1.82) is 0 Å². The number of nitrogens with two attached hydrogens (primary N) is 2. The van der Waals surface area contributed by atoms with Crippen LogP contribution in [-0.4, -0.2) is 11.6 Å². The lowest BCUT2D eigenvalue weighted by atomic mass is 9.80. The minimum absolute atomic E-state index is 0.251. The lowest BCUT2D eigenvalue weighted by Gasteiger charge is -2.22. The van der Waals surface area contributed by atoms with Crippen LogP contribution >= 0.6 is 0 Å². The van der Waals surface area contributed by atoms with Crippen LogP contribution < -0.4 is 11.5 Å². The summed E-state index contributed by atoms with van der Waals surface area (Å²) in [5.74, 6) is -0.550. The van der Waals surface area contributed by atoms with Crippen LogP contribution in [0.5, 0.6) is 0 Å². The molecular weight excluding hydrogens is 588 g/mol. The zero-order valence-electron chi connectivity index (χ0n) is 28.7. The first kappa shape index (κ1) is 34.6. The molecule has 4 nitrogen and oxygen atoms in total. The van der Waals surface area contributed by atoms with Crippen LogP contribution in [0.25, 0.3) is 24.3 Å². The summed E-state index contributed by atoms with van der Waals surface area (Å²) in [6.07, 6.45) is 22.7. The standard InChI is InChI=1S/C44H50N2O2/c1-3-5-7-9-11-13-31-15-19-33(20-16-31)23-25-35-27-29-37-39(41(35)45)43(47)38-30-28-36(42(46)40(38)44(37)48)26-24-34-21-17-32(18-22-34)14-12-10-8-6-4-2/h15-30H,3-14,45-46H2,1-2H3/b25-23+,26-24+. The molecule has 0 heterocycles. The molecule has 1 aliphatic carbocycles. The maximum Gasteiger partial charge on any atom is 0.196 e. The van der Waals surface area contributed by atoms with Gasteiger partial charge in [0.15, 0.2) is 11.6 Å². The summed E-state index contributed by atoms with van der Waals surface area (Å²) in [7, 11) is 0. The van der Waals surface area contributed by atoms with E-state index in [4.69, 9.17) is 11.5 Å². The van der Waals surface area contributed by atoms with Gasteiger partial charge in [0.2, 0.25) is 0 Å². The maximum atomic E-state index is 13.8. The molecular formula is C44H50N2O2. The Labute approximate surface area is 287 Å². The molecule has 0 saturated carbocycles. The van der Waals surface area contributed by atoms with Gasteiger partial charge in [-0.05, 0) is 71.2 Å². The number of anilines is 2. The first-order valence-electron chi connectivity index (χ1n) is 17.9. The van der Waals surface area contributed by atoms with Crippen LogP contribution in [0.2, 0.25) is 0 Å². The summed E-state index contributed by atoms with van der Waals surface area (Å²) in [6.45, 7) is 4.48. The van der Waals surface area contributed by atoms with Gasteiger partial charge in [-0.2, -0.15) is 0 Å². The summed E-state index contributed by atoms with van der Waals surface area (Å²) < 4.78 is 0. The fraction of sp³-hybridized carbons (Fsp3) is 0.318. The van der Waals surface area contributed by atoms with Crippen molar-refractivity contribution < 1.29 is 9.59 Å². The summed E-state index contributed by atoms with van der Waals surface area (Å²) in [4.78, 5) is 27.5. The molecule has 0 radical (unpaired) electrons. The Hall–Kier alpha value is -4.70. The molecule has 0 amide bonds. The molecule has 4 aromatic rings. The topological polar surface area (TPSA) is 86.2 Å². The Morgan fingerprint density at radius 2 is 0.833 bits per heavy atom. The first-order chi connectivity index (χ1) is 23.4. The third-order valence-electron chi connectivity index (χ3n) is 9.51. The minimum Gasteiger partial charge on any atom is -0.398 e. The molecule has 0 atom stereocenters. The maximum absolute atomic E-state index is 13.8. The van der Waals surface area contributed by atoms with Gasteiger partial charge in [0.25, 0.3) is 0 Å². The summed E-state index contributed by atoms with van der Waals surface area (Å²) in [5.41, 5.74) is 21.0. The second-order valence-corrected chi connectivity index (χ2v) is 13.1. The quantitative estimate of drug-likeness (QED) is 0.0639. The number of benzene rings is 4. The van der Waals surface area contributed by atoms with Gasteiger partial charge >= 0.3 is 0 Å². The number of hydrogen-bond donors (Lipinski definition) is 2. The van der Waals surface area contributed by atoms with E-state index in [1.165, 1.54) is 75.3 Å². The predicted molar refractivity (Wildman–Crippen MR) is 204 cm³/mol. The van der Waals surface area contributed by atoms with E-state index in [0.29, 0.717) is 33.6 Å². The number of nitrogen functional groups attached to an aromatic ring is 2. The Morgan fingerprint density at radius 1 is 0.458 bits per heavy atom. The van der Waals surface area contributed by atoms with Crippen LogP contribution in [0.3, 0.4) is 0 Å². The highest BCUT2D eigenvalue weighted by Crippen LogP contribution is 2.37. The second-order valence-electron chi connectivity index (χ2n) is 13.1. The average Bonchev–Trinajstić information content (AvgIpc) is 3.10. The summed E-state index contributed by atoms with van der Waals surface area (Å²) in [6, 6.07) is 24.1. The van der Waals surface area contributed by atoms with Gasteiger partial charge in [0, 0.05) is 11.1 Å². The Balaban J connectivity index is 1.27. The molecule has 48 heavy (non-hydrogen) atoms. The van der Waals surface area contributed by atoms with Gasteiger partial charge in [0.05, 0.1) is 22.5 Å². The number of carbonyl (C=O) groups is 2. The molecule has 0 unspecified atom stereocenters.